The number of furan rings is 1. The van der Waals surface area contributed by atoms with Gasteiger partial charge in [-0.1, -0.05) is 6.92 Å². The van der Waals surface area contributed by atoms with Gasteiger partial charge in [-0.3, -0.25) is 4.79 Å². The molecule has 3 heterocycles. The molecule has 0 spiro atoms. The maximum absolute atomic E-state index is 12.7. The molecule has 0 radical (unpaired) electrons. The number of piperidine rings is 1. The Balaban J connectivity index is 1.63. The molecule has 142 valence electrons. The Morgan fingerprint density at radius 2 is 2.12 bits per heavy atom. The number of sulfonamides is 1. The Kier molecular flexibility index (Phi) is 5.47. The van der Waals surface area contributed by atoms with Gasteiger partial charge >= 0.3 is 0 Å². The maximum atomic E-state index is 12.7. The van der Waals surface area contributed by atoms with Crippen LogP contribution in [-0.2, 0) is 27.9 Å². The molecule has 0 unspecified atom stereocenters. The fourth-order valence-electron chi connectivity index (χ4n) is 2.92. The predicted molar refractivity (Wildman–Crippen MR) is 94.6 cm³/mol. The van der Waals surface area contributed by atoms with Crippen molar-refractivity contribution in [3.05, 3.63) is 36.7 Å². The number of hydrogen-bond donors (Lipinski definition) is 0. The number of carbonyl (C=O) groups is 1. The molecule has 0 atom stereocenters. The second kappa shape index (κ2) is 7.63. The third-order valence-electron chi connectivity index (χ3n) is 4.67. The molecule has 1 aliphatic rings. The van der Waals surface area contributed by atoms with Crippen molar-refractivity contribution in [1.82, 2.24) is 18.8 Å². The first-order valence-electron chi connectivity index (χ1n) is 8.64. The van der Waals surface area contributed by atoms with Crippen LogP contribution in [0.25, 0.3) is 0 Å². The van der Waals surface area contributed by atoms with Crippen LogP contribution in [0.1, 0.15) is 25.5 Å². The first-order valence-corrected chi connectivity index (χ1v) is 10.1. The van der Waals surface area contributed by atoms with Gasteiger partial charge in [-0.25, -0.2) is 13.4 Å². The van der Waals surface area contributed by atoms with E-state index in [2.05, 4.69) is 11.9 Å². The van der Waals surface area contributed by atoms with E-state index in [0.717, 1.165) is 12.8 Å². The lowest BCUT2D eigenvalue weighted by Gasteiger charge is -2.28. The van der Waals surface area contributed by atoms with Crippen LogP contribution in [0.2, 0.25) is 0 Å². The number of amides is 1. The highest BCUT2D eigenvalue weighted by Crippen LogP contribution is 2.22. The smallest absolute Gasteiger partial charge is 0.262 e. The fraction of sp³-hybridized carbons (Fsp3) is 0.529. The Morgan fingerprint density at radius 1 is 1.38 bits per heavy atom. The molecule has 0 N–H and O–H groups in total. The van der Waals surface area contributed by atoms with E-state index in [1.807, 2.05) is 0 Å². The molecule has 26 heavy (non-hydrogen) atoms. The lowest BCUT2D eigenvalue weighted by atomic mass is 10.0. The fourth-order valence-corrected chi connectivity index (χ4v) is 4.32. The lowest BCUT2D eigenvalue weighted by Crippen LogP contribution is -2.38. The van der Waals surface area contributed by atoms with Crippen molar-refractivity contribution < 1.29 is 17.6 Å². The minimum absolute atomic E-state index is 0.00598. The highest BCUT2D eigenvalue weighted by Gasteiger charge is 2.30. The lowest BCUT2D eigenvalue weighted by molar-refractivity contribution is -0.131. The molecule has 2 aromatic rings. The van der Waals surface area contributed by atoms with Crippen LogP contribution >= 0.6 is 0 Å². The van der Waals surface area contributed by atoms with Gasteiger partial charge < -0.3 is 13.9 Å². The second-order valence-corrected chi connectivity index (χ2v) is 8.68. The van der Waals surface area contributed by atoms with Gasteiger partial charge in [0.1, 0.15) is 12.3 Å². The number of rotatable bonds is 6. The summed E-state index contributed by atoms with van der Waals surface area (Å²) in [6, 6.07) is 3.56. The summed E-state index contributed by atoms with van der Waals surface area (Å²) in [5.41, 5.74) is 0. The minimum atomic E-state index is -3.60. The molecule has 0 saturated carbocycles. The van der Waals surface area contributed by atoms with E-state index < -0.39 is 10.0 Å². The molecule has 0 bridgehead atoms. The summed E-state index contributed by atoms with van der Waals surface area (Å²) in [6.45, 7) is 3.54. The number of likely N-dealkylation sites (N-methyl/N-ethyl adjacent to an activating group) is 1. The molecule has 8 nitrogen and oxygen atoms in total. The van der Waals surface area contributed by atoms with E-state index in [4.69, 9.17) is 4.42 Å². The van der Waals surface area contributed by atoms with Crippen molar-refractivity contribution in [3.8, 4) is 0 Å². The molecule has 1 aliphatic heterocycles. The molecule has 2 aromatic heterocycles. The van der Waals surface area contributed by atoms with Crippen LogP contribution in [0.5, 0.6) is 0 Å². The zero-order valence-corrected chi connectivity index (χ0v) is 15.9. The van der Waals surface area contributed by atoms with Gasteiger partial charge in [0.25, 0.3) is 10.0 Å². The molecule has 0 aliphatic carbocycles. The third-order valence-corrected chi connectivity index (χ3v) is 6.46. The number of hydrogen-bond acceptors (Lipinski definition) is 5. The van der Waals surface area contributed by atoms with Gasteiger partial charge in [-0.2, -0.15) is 4.31 Å². The summed E-state index contributed by atoms with van der Waals surface area (Å²) in [5, 5.41) is -0.00598. The Hall–Kier alpha value is -2.13. The molecule has 9 heteroatoms. The quantitative estimate of drug-likeness (QED) is 0.759. The maximum Gasteiger partial charge on any atom is 0.262 e. The predicted octanol–water partition coefficient (Wildman–Crippen LogP) is 1.56. The van der Waals surface area contributed by atoms with Gasteiger partial charge in [0.15, 0.2) is 5.03 Å². The zero-order valence-electron chi connectivity index (χ0n) is 15.0. The van der Waals surface area contributed by atoms with Gasteiger partial charge in [-0.15, -0.1) is 0 Å². The normalized spacial score (nSPS) is 16.7. The largest absolute Gasteiger partial charge is 0.467 e. The molecular weight excluding hydrogens is 356 g/mol. The molecular formula is C17H24N4O4S. The van der Waals surface area contributed by atoms with Crippen LogP contribution < -0.4 is 0 Å². The van der Waals surface area contributed by atoms with Crippen LogP contribution in [-0.4, -0.2) is 53.2 Å². The van der Waals surface area contributed by atoms with E-state index in [-0.39, 0.29) is 17.5 Å². The van der Waals surface area contributed by atoms with Gasteiger partial charge in [0, 0.05) is 26.3 Å². The standard InChI is InChI=1S/C17H24N4O4S/c1-14-5-7-21(8-6-14)26(23,24)16-11-20(13-18-16)12-17(22)19(2)10-15-4-3-9-25-15/h3-4,9,11,13-14H,5-8,10,12H2,1-2H3. The van der Waals surface area contributed by atoms with Crippen molar-refractivity contribution in [2.24, 2.45) is 5.92 Å². The first kappa shape index (κ1) is 18.7. The molecule has 1 fully saturated rings. The third kappa shape index (κ3) is 4.16. The SMILES string of the molecule is CC1CCN(S(=O)(=O)c2cn(CC(=O)N(C)Cc3ccco3)cn2)CC1. The summed E-state index contributed by atoms with van der Waals surface area (Å²) < 4.78 is 33.6. The Labute approximate surface area is 153 Å². The summed E-state index contributed by atoms with van der Waals surface area (Å²) in [4.78, 5) is 17.9. The van der Waals surface area contributed by atoms with Gasteiger partial charge in [0.2, 0.25) is 5.91 Å². The van der Waals surface area contributed by atoms with E-state index in [1.54, 1.807) is 25.4 Å². The monoisotopic (exact) mass is 380 g/mol. The second-order valence-electron chi connectivity index (χ2n) is 6.80. The van der Waals surface area contributed by atoms with Crippen LogP contribution in [0.3, 0.4) is 0 Å². The molecule has 1 amide bonds. The summed E-state index contributed by atoms with van der Waals surface area (Å²) >= 11 is 0. The van der Waals surface area contributed by atoms with Crippen molar-refractivity contribution >= 4 is 15.9 Å². The Bertz CT molecular complexity index is 836. The van der Waals surface area contributed by atoms with Gasteiger partial charge in [-0.05, 0) is 30.9 Å². The summed E-state index contributed by atoms with van der Waals surface area (Å²) in [5.74, 6) is 1.07. The number of imidazole rings is 1. The van der Waals surface area contributed by atoms with Gasteiger partial charge in [0.05, 0.1) is 19.1 Å². The highest BCUT2D eigenvalue weighted by atomic mass is 32.2. The van der Waals surface area contributed by atoms with Crippen LogP contribution in [0.15, 0.2) is 40.4 Å². The summed E-state index contributed by atoms with van der Waals surface area (Å²) in [6.07, 6.45) is 6.08. The first-order chi connectivity index (χ1) is 12.4. The van der Waals surface area contributed by atoms with E-state index >= 15 is 0 Å². The van der Waals surface area contributed by atoms with E-state index in [1.165, 1.54) is 26.3 Å². The van der Waals surface area contributed by atoms with E-state index in [9.17, 15) is 13.2 Å². The zero-order chi connectivity index (χ0) is 18.7. The average molecular weight is 380 g/mol. The minimum Gasteiger partial charge on any atom is -0.467 e. The van der Waals surface area contributed by atoms with E-state index in [0.29, 0.717) is 31.3 Å². The van der Waals surface area contributed by atoms with Crippen molar-refractivity contribution in [1.29, 1.82) is 0 Å². The number of aromatic nitrogens is 2. The van der Waals surface area contributed by atoms with Crippen LogP contribution in [0.4, 0.5) is 0 Å². The Morgan fingerprint density at radius 3 is 2.77 bits per heavy atom. The number of carbonyl (C=O) groups excluding carboxylic acids is 1. The molecule has 0 aromatic carbocycles. The average Bonchev–Trinajstić information content (AvgIpc) is 3.27. The van der Waals surface area contributed by atoms with Crippen molar-refractivity contribution in [2.45, 2.75) is 37.9 Å². The number of nitrogens with zero attached hydrogens (tertiary/aromatic N) is 4. The highest BCUT2D eigenvalue weighted by molar-refractivity contribution is 7.89. The van der Waals surface area contributed by atoms with Crippen LogP contribution in [0, 0.1) is 5.92 Å². The molecule has 1 saturated heterocycles. The topological polar surface area (TPSA) is 88.7 Å². The molecule has 3 rings (SSSR count). The summed E-state index contributed by atoms with van der Waals surface area (Å²) in [7, 11) is -1.93. The van der Waals surface area contributed by atoms with Crippen molar-refractivity contribution in [3.63, 3.8) is 0 Å². The van der Waals surface area contributed by atoms with Crippen molar-refractivity contribution in [2.75, 3.05) is 20.1 Å².